The highest BCUT2D eigenvalue weighted by molar-refractivity contribution is 5.94. The number of carbonyl (C=O) groups excluding carboxylic acids is 2. The van der Waals surface area contributed by atoms with Crippen molar-refractivity contribution in [3.8, 4) is 0 Å². The van der Waals surface area contributed by atoms with Gasteiger partial charge in [-0.2, -0.15) is 0 Å². The van der Waals surface area contributed by atoms with Gasteiger partial charge in [0.25, 0.3) is 0 Å². The molecule has 1 amide bonds. The van der Waals surface area contributed by atoms with Gasteiger partial charge in [-0.05, 0) is 39.8 Å². The van der Waals surface area contributed by atoms with E-state index >= 15 is 0 Å². The third kappa shape index (κ3) is 6.25. The molecule has 116 valence electrons. The second-order valence-corrected chi connectivity index (χ2v) is 5.59. The van der Waals surface area contributed by atoms with Crippen LogP contribution in [0.5, 0.6) is 0 Å². The Hall–Kier alpha value is -2.11. The molecule has 1 aromatic heterocycles. The number of pyridine rings is 1. The van der Waals surface area contributed by atoms with E-state index in [1.807, 2.05) is 20.8 Å². The Morgan fingerprint density at radius 1 is 1.33 bits per heavy atom. The van der Waals surface area contributed by atoms with Gasteiger partial charge in [0, 0.05) is 24.7 Å². The molecule has 1 heterocycles. The van der Waals surface area contributed by atoms with Crippen molar-refractivity contribution in [2.24, 2.45) is 0 Å². The van der Waals surface area contributed by atoms with Gasteiger partial charge in [-0.25, -0.2) is 9.78 Å². The second kappa shape index (κ2) is 7.61. The first kappa shape index (κ1) is 16.9. The summed E-state index contributed by atoms with van der Waals surface area (Å²) in [7, 11) is 0. The number of aromatic nitrogens is 1. The average Bonchev–Trinajstić information content (AvgIpc) is 2.37. The Balaban J connectivity index is 2.56. The number of esters is 1. The van der Waals surface area contributed by atoms with Crippen LogP contribution in [0, 0.1) is 0 Å². The van der Waals surface area contributed by atoms with Gasteiger partial charge in [0.2, 0.25) is 5.91 Å². The largest absolute Gasteiger partial charge is 0.462 e. The number of nitrogens with zero attached hydrogens (tertiary/aromatic N) is 1. The Bertz CT molecular complexity index is 495. The molecule has 0 atom stereocenters. The highest BCUT2D eigenvalue weighted by Crippen LogP contribution is 2.12. The predicted molar refractivity (Wildman–Crippen MR) is 81.2 cm³/mol. The van der Waals surface area contributed by atoms with E-state index in [-0.39, 0.29) is 11.4 Å². The van der Waals surface area contributed by atoms with E-state index in [1.54, 1.807) is 25.3 Å². The number of anilines is 1. The summed E-state index contributed by atoms with van der Waals surface area (Å²) in [6, 6.07) is 3.31. The van der Waals surface area contributed by atoms with Gasteiger partial charge in [0.1, 0.15) is 11.4 Å². The maximum absolute atomic E-state index is 11.8. The summed E-state index contributed by atoms with van der Waals surface area (Å²) in [6.45, 7) is 8.23. The molecule has 21 heavy (non-hydrogen) atoms. The Kier molecular flexibility index (Phi) is 6.14. The van der Waals surface area contributed by atoms with E-state index in [4.69, 9.17) is 4.74 Å². The molecule has 0 aliphatic heterocycles. The lowest BCUT2D eigenvalue weighted by molar-refractivity contribution is -0.122. The molecule has 0 bridgehead atoms. The van der Waals surface area contributed by atoms with Gasteiger partial charge in [-0.1, -0.05) is 0 Å². The van der Waals surface area contributed by atoms with Crippen LogP contribution >= 0.6 is 0 Å². The minimum absolute atomic E-state index is 0.0522. The average molecular weight is 293 g/mol. The van der Waals surface area contributed by atoms with E-state index in [2.05, 4.69) is 15.6 Å². The van der Waals surface area contributed by atoms with Crippen molar-refractivity contribution in [2.75, 3.05) is 18.5 Å². The van der Waals surface area contributed by atoms with Crippen LogP contribution < -0.4 is 10.6 Å². The minimum Gasteiger partial charge on any atom is -0.462 e. The smallest absolute Gasteiger partial charge is 0.341 e. The summed E-state index contributed by atoms with van der Waals surface area (Å²) in [6.07, 6.45) is 1.89. The summed E-state index contributed by atoms with van der Waals surface area (Å²) in [5.41, 5.74) is 0.119. The molecule has 0 saturated heterocycles. The molecular weight excluding hydrogens is 270 g/mol. The van der Waals surface area contributed by atoms with Crippen LogP contribution in [0.25, 0.3) is 0 Å². The summed E-state index contributed by atoms with van der Waals surface area (Å²) in [4.78, 5) is 27.6. The van der Waals surface area contributed by atoms with Gasteiger partial charge >= 0.3 is 5.97 Å². The van der Waals surface area contributed by atoms with Crippen molar-refractivity contribution < 1.29 is 14.3 Å². The normalized spacial score (nSPS) is 10.9. The summed E-state index contributed by atoms with van der Waals surface area (Å²) < 4.78 is 4.96. The van der Waals surface area contributed by atoms with Crippen LogP contribution in [-0.4, -0.2) is 35.6 Å². The maximum atomic E-state index is 11.8. The molecule has 2 N–H and O–H groups in total. The van der Waals surface area contributed by atoms with E-state index in [0.717, 1.165) is 0 Å². The Morgan fingerprint density at radius 2 is 2.05 bits per heavy atom. The fourth-order valence-electron chi connectivity index (χ4n) is 1.69. The first-order valence-corrected chi connectivity index (χ1v) is 7.00. The van der Waals surface area contributed by atoms with Gasteiger partial charge in [0.15, 0.2) is 0 Å². The van der Waals surface area contributed by atoms with Crippen LogP contribution in [0.1, 0.15) is 44.5 Å². The van der Waals surface area contributed by atoms with Crippen LogP contribution in [0.4, 0.5) is 5.82 Å². The molecule has 1 aromatic rings. The Labute approximate surface area is 125 Å². The molecule has 6 heteroatoms. The lowest BCUT2D eigenvalue weighted by atomic mass is 10.1. The van der Waals surface area contributed by atoms with Crippen molar-refractivity contribution in [3.05, 3.63) is 23.9 Å². The van der Waals surface area contributed by atoms with Gasteiger partial charge in [-0.3, -0.25) is 4.79 Å². The molecule has 0 radical (unpaired) electrons. The van der Waals surface area contributed by atoms with E-state index in [1.165, 1.54) is 0 Å². The number of amides is 1. The second-order valence-electron chi connectivity index (χ2n) is 5.59. The summed E-state index contributed by atoms with van der Waals surface area (Å²) >= 11 is 0. The van der Waals surface area contributed by atoms with Crippen molar-refractivity contribution in [1.82, 2.24) is 10.3 Å². The predicted octanol–water partition coefficient (Wildman–Crippen LogP) is 1.97. The molecule has 0 aliphatic rings. The number of hydrogen-bond acceptors (Lipinski definition) is 5. The van der Waals surface area contributed by atoms with E-state index in [0.29, 0.717) is 31.0 Å². The van der Waals surface area contributed by atoms with Crippen molar-refractivity contribution >= 4 is 17.7 Å². The molecule has 0 aliphatic carbocycles. The lowest BCUT2D eigenvalue weighted by Crippen LogP contribution is -2.41. The maximum Gasteiger partial charge on any atom is 0.341 e. The molecule has 0 unspecified atom stereocenters. The molecule has 0 spiro atoms. The zero-order valence-corrected chi connectivity index (χ0v) is 13.0. The van der Waals surface area contributed by atoms with Crippen LogP contribution in [-0.2, 0) is 9.53 Å². The van der Waals surface area contributed by atoms with E-state index in [9.17, 15) is 9.59 Å². The SMILES string of the molecule is CCOC(=O)c1cccnc1NCCC(=O)NC(C)(C)C. The molecule has 0 aromatic carbocycles. The number of nitrogens with one attached hydrogen (secondary N) is 2. The number of rotatable bonds is 6. The van der Waals surface area contributed by atoms with Crippen molar-refractivity contribution in [3.63, 3.8) is 0 Å². The molecule has 1 rings (SSSR count). The molecule has 0 saturated carbocycles. The van der Waals surface area contributed by atoms with Crippen molar-refractivity contribution in [2.45, 2.75) is 39.7 Å². The van der Waals surface area contributed by atoms with Gasteiger partial charge in [-0.15, -0.1) is 0 Å². The number of ether oxygens (including phenoxy) is 1. The highest BCUT2D eigenvalue weighted by atomic mass is 16.5. The summed E-state index contributed by atoms with van der Waals surface area (Å²) in [5, 5.41) is 5.87. The quantitative estimate of drug-likeness (QED) is 0.784. The Morgan fingerprint density at radius 3 is 2.67 bits per heavy atom. The zero-order chi connectivity index (χ0) is 15.9. The third-order valence-electron chi connectivity index (χ3n) is 2.46. The monoisotopic (exact) mass is 293 g/mol. The van der Waals surface area contributed by atoms with Crippen LogP contribution in [0.15, 0.2) is 18.3 Å². The van der Waals surface area contributed by atoms with Crippen molar-refractivity contribution in [1.29, 1.82) is 0 Å². The lowest BCUT2D eigenvalue weighted by Gasteiger charge is -2.20. The third-order valence-corrected chi connectivity index (χ3v) is 2.46. The van der Waals surface area contributed by atoms with Gasteiger partial charge < -0.3 is 15.4 Å². The first-order valence-electron chi connectivity index (χ1n) is 7.00. The summed E-state index contributed by atoms with van der Waals surface area (Å²) in [5.74, 6) is -0.0460. The number of carbonyl (C=O) groups is 2. The fourth-order valence-corrected chi connectivity index (χ4v) is 1.69. The zero-order valence-electron chi connectivity index (χ0n) is 13.0. The molecular formula is C15H23N3O3. The topological polar surface area (TPSA) is 80.3 Å². The van der Waals surface area contributed by atoms with Crippen LogP contribution in [0.2, 0.25) is 0 Å². The minimum atomic E-state index is -0.424. The molecule has 6 nitrogen and oxygen atoms in total. The standard InChI is InChI=1S/C15H23N3O3/c1-5-21-14(20)11-7-6-9-16-13(11)17-10-8-12(19)18-15(2,3)4/h6-7,9H,5,8,10H2,1-4H3,(H,16,17)(H,18,19). The molecule has 0 fully saturated rings. The number of hydrogen-bond donors (Lipinski definition) is 2. The van der Waals surface area contributed by atoms with Gasteiger partial charge in [0.05, 0.1) is 6.61 Å². The highest BCUT2D eigenvalue weighted by Gasteiger charge is 2.15. The first-order chi connectivity index (χ1) is 9.83. The van der Waals surface area contributed by atoms with Crippen LogP contribution in [0.3, 0.4) is 0 Å². The fraction of sp³-hybridized carbons (Fsp3) is 0.533. The van der Waals surface area contributed by atoms with E-state index < -0.39 is 5.97 Å².